The maximum Gasteiger partial charge on any atom is 0.133 e. The molecule has 0 spiro atoms. The van der Waals surface area contributed by atoms with Crippen molar-refractivity contribution in [1.82, 2.24) is 4.98 Å². The lowest BCUT2D eigenvalue weighted by Gasteiger charge is -2.21. The van der Waals surface area contributed by atoms with Crippen LogP contribution in [-0.2, 0) is 6.54 Å². The van der Waals surface area contributed by atoms with Crippen LogP contribution in [0.1, 0.15) is 12.0 Å². The number of aliphatic hydroxyl groups is 1. The second-order valence-corrected chi connectivity index (χ2v) is 4.37. The first-order chi connectivity index (χ1) is 8.76. The largest absolute Gasteiger partial charge is 0.396 e. The molecule has 0 fully saturated rings. The van der Waals surface area contributed by atoms with Crippen molar-refractivity contribution in [2.45, 2.75) is 13.0 Å². The molecule has 0 bridgehead atoms. The summed E-state index contributed by atoms with van der Waals surface area (Å²) in [7, 11) is 1.98. The van der Waals surface area contributed by atoms with E-state index in [0.717, 1.165) is 35.2 Å². The summed E-state index contributed by atoms with van der Waals surface area (Å²) in [6.45, 7) is 1.43. The van der Waals surface area contributed by atoms with Gasteiger partial charge in [-0.2, -0.15) is 0 Å². The molecule has 0 atom stereocenters. The molecule has 1 aromatic carbocycles. The number of aliphatic hydroxyl groups excluding tert-OH is 1. The van der Waals surface area contributed by atoms with Crippen LogP contribution in [0.2, 0.25) is 0 Å². The van der Waals surface area contributed by atoms with Gasteiger partial charge in [0.2, 0.25) is 0 Å². The molecule has 0 aliphatic rings. The minimum atomic E-state index is 0.190. The Morgan fingerprint density at radius 3 is 2.83 bits per heavy atom. The second-order valence-electron chi connectivity index (χ2n) is 4.37. The zero-order valence-electron chi connectivity index (χ0n) is 10.6. The average Bonchev–Trinajstić information content (AvgIpc) is 2.43. The van der Waals surface area contributed by atoms with E-state index in [-0.39, 0.29) is 6.61 Å². The molecule has 1 heterocycles. The van der Waals surface area contributed by atoms with Crippen molar-refractivity contribution in [2.24, 2.45) is 5.73 Å². The third-order valence-electron chi connectivity index (χ3n) is 3.01. The van der Waals surface area contributed by atoms with E-state index in [1.54, 1.807) is 0 Å². The van der Waals surface area contributed by atoms with Crippen molar-refractivity contribution < 1.29 is 5.11 Å². The second kappa shape index (κ2) is 5.80. The molecule has 2 rings (SSSR count). The molecular formula is C14H19N3O. The number of para-hydroxylation sites is 1. The molecule has 0 amide bonds. The number of nitrogens with zero attached hydrogens (tertiary/aromatic N) is 2. The van der Waals surface area contributed by atoms with Gasteiger partial charge in [0.15, 0.2) is 0 Å². The summed E-state index contributed by atoms with van der Waals surface area (Å²) in [6, 6.07) is 10.1. The molecule has 0 saturated carbocycles. The highest BCUT2D eigenvalue weighted by molar-refractivity contribution is 5.81. The van der Waals surface area contributed by atoms with E-state index < -0.39 is 0 Å². The molecule has 96 valence electrons. The number of aromatic nitrogens is 1. The van der Waals surface area contributed by atoms with Crippen LogP contribution in [0.3, 0.4) is 0 Å². The topological polar surface area (TPSA) is 62.4 Å². The molecular weight excluding hydrogens is 226 g/mol. The molecule has 0 aliphatic heterocycles. The number of hydrogen-bond acceptors (Lipinski definition) is 4. The van der Waals surface area contributed by atoms with Crippen molar-refractivity contribution in [2.75, 3.05) is 25.1 Å². The van der Waals surface area contributed by atoms with E-state index in [1.165, 1.54) is 0 Å². The number of pyridine rings is 1. The van der Waals surface area contributed by atoms with Crippen LogP contribution in [0.25, 0.3) is 10.9 Å². The number of nitrogens with two attached hydrogens (primary N) is 1. The lowest BCUT2D eigenvalue weighted by Crippen LogP contribution is -2.22. The van der Waals surface area contributed by atoms with Gasteiger partial charge < -0.3 is 15.7 Å². The van der Waals surface area contributed by atoms with Crippen LogP contribution in [0, 0.1) is 0 Å². The fourth-order valence-corrected chi connectivity index (χ4v) is 2.04. The quantitative estimate of drug-likeness (QED) is 0.838. The van der Waals surface area contributed by atoms with Crippen LogP contribution < -0.4 is 10.6 Å². The van der Waals surface area contributed by atoms with Gasteiger partial charge in [0.05, 0.1) is 5.52 Å². The van der Waals surface area contributed by atoms with Crippen LogP contribution >= 0.6 is 0 Å². The fraction of sp³-hybridized carbons (Fsp3) is 0.357. The van der Waals surface area contributed by atoms with Crippen LogP contribution in [0.15, 0.2) is 30.3 Å². The van der Waals surface area contributed by atoms with Gasteiger partial charge in [0, 0.05) is 37.7 Å². The highest BCUT2D eigenvalue weighted by Crippen LogP contribution is 2.22. The lowest BCUT2D eigenvalue weighted by molar-refractivity contribution is 0.290. The van der Waals surface area contributed by atoms with Crippen LogP contribution in [0.4, 0.5) is 5.82 Å². The smallest absolute Gasteiger partial charge is 0.133 e. The molecule has 2 aromatic rings. The van der Waals surface area contributed by atoms with E-state index in [9.17, 15) is 0 Å². The lowest BCUT2D eigenvalue weighted by atomic mass is 10.1. The minimum absolute atomic E-state index is 0.190. The third kappa shape index (κ3) is 2.60. The van der Waals surface area contributed by atoms with Crippen molar-refractivity contribution in [3.05, 3.63) is 35.9 Å². The first-order valence-electron chi connectivity index (χ1n) is 6.17. The Morgan fingerprint density at radius 2 is 2.11 bits per heavy atom. The maximum absolute atomic E-state index is 8.89. The van der Waals surface area contributed by atoms with E-state index in [0.29, 0.717) is 6.54 Å². The van der Waals surface area contributed by atoms with Gasteiger partial charge in [-0.1, -0.05) is 18.2 Å². The summed E-state index contributed by atoms with van der Waals surface area (Å²) in [5.41, 5.74) is 7.80. The standard InChI is InChI=1S/C14H19N3O/c1-17(7-4-8-18)14-12(10-15)9-11-5-2-3-6-13(11)16-14/h2-3,5-6,9,18H,4,7-8,10,15H2,1H3. The number of fused-ring (bicyclic) bond motifs is 1. The summed E-state index contributed by atoms with van der Waals surface area (Å²) < 4.78 is 0. The van der Waals surface area contributed by atoms with Crippen molar-refractivity contribution in [3.8, 4) is 0 Å². The van der Waals surface area contributed by atoms with Gasteiger partial charge in [-0.25, -0.2) is 4.98 Å². The molecule has 0 aliphatic carbocycles. The molecule has 4 nitrogen and oxygen atoms in total. The SMILES string of the molecule is CN(CCCO)c1nc2ccccc2cc1CN. The van der Waals surface area contributed by atoms with Crippen molar-refractivity contribution in [1.29, 1.82) is 0 Å². The Bertz CT molecular complexity index is 527. The zero-order chi connectivity index (χ0) is 13.0. The number of rotatable bonds is 5. The number of anilines is 1. The van der Waals surface area contributed by atoms with Gasteiger partial charge in [0.1, 0.15) is 5.82 Å². The molecule has 18 heavy (non-hydrogen) atoms. The molecule has 1 aromatic heterocycles. The Hall–Kier alpha value is -1.65. The predicted molar refractivity (Wildman–Crippen MR) is 74.6 cm³/mol. The number of benzene rings is 1. The highest BCUT2D eigenvalue weighted by Gasteiger charge is 2.09. The normalized spacial score (nSPS) is 10.8. The summed E-state index contributed by atoms with van der Waals surface area (Å²) in [4.78, 5) is 6.71. The Morgan fingerprint density at radius 1 is 1.33 bits per heavy atom. The summed E-state index contributed by atoms with van der Waals surface area (Å²) in [5.74, 6) is 0.907. The summed E-state index contributed by atoms with van der Waals surface area (Å²) in [6.07, 6.45) is 0.731. The highest BCUT2D eigenvalue weighted by atomic mass is 16.3. The fourth-order valence-electron chi connectivity index (χ4n) is 2.04. The van der Waals surface area contributed by atoms with Crippen LogP contribution in [0.5, 0.6) is 0 Å². The van der Waals surface area contributed by atoms with Gasteiger partial charge in [0.25, 0.3) is 0 Å². The van der Waals surface area contributed by atoms with Crippen LogP contribution in [-0.4, -0.2) is 30.3 Å². The predicted octanol–water partition coefficient (Wildman–Crippen LogP) is 1.51. The van der Waals surface area contributed by atoms with E-state index >= 15 is 0 Å². The maximum atomic E-state index is 8.89. The number of hydrogen-bond donors (Lipinski definition) is 2. The van der Waals surface area contributed by atoms with Gasteiger partial charge in [-0.3, -0.25) is 0 Å². The van der Waals surface area contributed by atoms with Crippen molar-refractivity contribution in [3.63, 3.8) is 0 Å². The molecule has 0 radical (unpaired) electrons. The zero-order valence-corrected chi connectivity index (χ0v) is 10.6. The molecule has 0 unspecified atom stereocenters. The van der Waals surface area contributed by atoms with Crippen molar-refractivity contribution >= 4 is 16.7 Å². The van der Waals surface area contributed by atoms with E-state index in [4.69, 9.17) is 10.8 Å². The molecule has 0 saturated heterocycles. The third-order valence-corrected chi connectivity index (χ3v) is 3.01. The Balaban J connectivity index is 2.41. The minimum Gasteiger partial charge on any atom is -0.396 e. The molecule has 4 heteroatoms. The van der Waals surface area contributed by atoms with Gasteiger partial charge >= 0.3 is 0 Å². The first kappa shape index (κ1) is 12.8. The monoisotopic (exact) mass is 245 g/mol. The Labute approximate surface area is 107 Å². The van der Waals surface area contributed by atoms with Gasteiger partial charge in [-0.15, -0.1) is 0 Å². The Kier molecular flexibility index (Phi) is 4.12. The molecule has 3 N–H and O–H groups in total. The van der Waals surface area contributed by atoms with Gasteiger partial charge in [-0.05, 0) is 18.6 Å². The van der Waals surface area contributed by atoms with E-state index in [1.807, 2.05) is 36.2 Å². The first-order valence-corrected chi connectivity index (χ1v) is 6.17. The average molecular weight is 245 g/mol. The van der Waals surface area contributed by atoms with E-state index in [2.05, 4.69) is 11.1 Å². The summed E-state index contributed by atoms with van der Waals surface area (Å²) in [5, 5.41) is 10.00. The summed E-state index contributed by atoms with van der Waals surface area (Å²) >= 11 is 0.